The molecule has 4 aliphatic heterocycles. The van der Waals surface area contributed by atoms with Crippen LogP contribution in [-0.4, -0.2) is 151 Å². The number of sulfonamides is 2. The SMILES string of the molecule is O=S1(=O)[C@@H](CC[C@H](O)c2ccc(F)cc2)[C@@H](c2ccc(-c3ccc(C4O[C@H](CO)[C@@H](O)[C@H](O)[C@H]4O)cc3)cc2O)N1c1ccccc1.O=S1(=O)[C@H](CC[C@H](O)c2ccc(F)cc2)[C@@H](c2ccc(-c3ccc(C4O[C@H](CO)[C@@H](O)[C@H](O)[C@H]4O)cc3)cc2O)N1c1ccccc1. The van der Waals surface area contributed by atoms with Crippen LogP contribution < -0.4 is 8.61 Å². The molecule has 16 atom stereocenters. The number of aliphatic hydroxyl groups excluding tert-OH is 10. The molecule has 0 saturated carbocycles. The highest BCUT2D eigenvalue weighted by Gasteiger charge is 2.56. The third-order valence-electron chi connectivity index (χ3n) is 18.1. The quantitative estimate of drug-likeness (QED) is 0.0412. The molecule has 0 aliphatic carbocycles. The van der Waals surface area contributed by atoms with Crippen molar-refractivity contribution in [3.05, 3.63) is 239 Å². The van der Waals surface area contributed by atoms with Crippen molar-refractivity contribution in [2.75, 3.05) is 21.8 Å². The van der Waals surface area contributed by atoms with E-state index in [0.29, 0.717) is 67.0 Å². The summed E-state index contributed by atoms with van der Waals surface area (Å²) in [6.07, 6.45) is -14.4. The van der Waals surface area contributed by atoms with Crippen molar-refractivity contribution in [1.29, 1.82) is 0 Å². The van der Waals surface area contributed by atoms with Gasteiger partial charge in [-0.2, -0.15) is 0 Å². The monoisotopic (exact) mass is 1330 g/mol. The van der Waals surface area contributed by atoms with E-state index in [1.165, 1.54) is 69.3 Å². The number of halogens is 2. The summed E-state index contributed by atoms with van der Waals surface area (Å²) in [5.41, 5.74) is 6.30. The first-order valence-corrected chi connectivity index (χ1v) is 33.5. The van der Waals surface area contributed by atoms with Gasteiger partial charge in [-0.15, -0.1) is 0 Å². The number of hydrogen-bond donors (Lipinski definition) is 12. The van der Waals surface area contributed by atoms with Gasteiger partial charge >= 0.3 is 0 Å². The zero-order chi connectivity index (χ0) is 66.9. The van der Waals surface area contributed by atoms with E-state index in [1.54, 1.807) is 133 Å². The molecule has 24 heteroatoms. The minimum Gasteiger partial charge on any atom is -0.508 e. The molecule has 0 amide bonds. The molecule has 0 bridgehead atoms. The van der Waals surface area contributed by atoms with Gasteiger partial charge in [0.1, 0.15) is 94.7 Å². The summed E-state index contributed by atoms with van der Waals surface area (Å²) in [5.74, 6) is -1.12. The molecule has 12 rings (SSSR count). The number of phenolic OH excluding ortho intramolecular Hbond substituents is 2. The third-order valence-corrected chi connectivity index (χ3v) is 22.6. The molecule has 0 aromatic heterocycles. The summed E-state index contributed by atoms with van der Waals surface area (Å²) in [5, 5.41) is 123. The van der Waals surface area contributed by atoms with Gasteiger partial charge in [0, 0.05) is 11.1 Å². The Hall–Kier alpha value is -7.76. The van der Waals surface area contributed by atoms with Crippen molar-refractivity contribution in [3.63, 3.8) is 0 Å². The maximum atomic E-state index is 13.6. The van der Waals surface area contributed by atoms with Crippen molar-refractivity contribution < 1.29 is 96.4 Å². The van der Waals surface area contributed by atoms with Gasteiger partial charge in [-0.05, 0) is 131 Å². The standard InChI is InChI=1S/2C35H36FNO9S/c2*36-24-13-10-21(11-14-24)27(39)16-17-30-31(37(47(30,44)45)25-4-2-1-3-5-25)26-15-12-23(18-28(26)40)20-6-8-22(9-7-20)35-34(43)33(42)32(41)29(19-38)46-35/h2*1-15,18,27,29-35,38-43H,16-17,19H2/t27-,29+,30+,31+,32+,33-,34+,35?;27-,29+,30-,31+,32+,33-,34+,35?/m00/s1. The van der Waals surface area contributed by atoms with Gasteiger partial charge in [-0.25, -0.2) is 25.6 Å². The summed E-state index contributed by atoms with van der Waals surface area (Å²) in [6, 6.07) is 50.0. The van der Waals surface area contributed by atoms with Crippen molar-refractivity contribution in [3.8, 4) is 33.8 Å². The van der Waals surface area contributed by atoms with E-state index in [0.717, 1.165) is 0 Å². The normalized spacial score (nSPS) is 27.6. The Morgan fingerprint density at radius 2 is 0.745 bits per heavy atom. The van der Waals surface area contributed by atoms with Crippen molar-refractivity contribution in [2.45, 2.75) is 122 Å². The van der Waals surface area contributed by atoms with Crippen LogP contribution >= 0.6 is 0 Å². The number of para-hydroxylation sites is 2. The average Bonchev–Trinajstić information content (AvgIpc) is 0.717. The summed E-state index contributed by atoms with van der Waals surface area (Å²) in [7, 11) is -7.68. The topological polar surface area (TPSA) is 336 Å². The second-order valence-electron chi connectivity index (χ2n) is 23.9. The lowest BCUT2D eigenvalue weighted by Crippen LogP contribution is -2.58. The molecule has 94 heavy (non-hydrogen) atoms. The minimum atomic E-state index is -3.84. The van der Waals surface area contributed by atoms with E-state index < -0.39 is 141 Å². The molecular weight excluding hydrogens is 1260 g/mol. The van der Waals surface area contributed by atoms with E-state index in [2.05, 4.69) is 0 Å². The van der Waals surface area contributed by atoms with Crippen LogP contribution in [0.1, 0.15) is 95.6 Å². The van der Waals surface area contributed by atoms with Crippen LogP contribution in [0, 0.1) is 11.6 Å². The fraction of sp³-hybridized carbons (Fsp3) is 0.314. The van der Waals surface area contributed by atoms with Gasteiger partial charge < -0.3 is 70.8 Å². The lowest BCUT2D eigenvalue weighted by molar-refractivity contribution is -0.231. The number of aromatic hydroxyl groups is 2. The lowest BCUT2D eigenvalue weighted by Gasteiger charge is -2.48. The number of rotatable bonds is 18. The molecule has 12 N–H and O–H groups in total. The smallest absolute Gasteiger partial charge is 0.241 e. The molecule has 4 aliphatic rings. The predicted octanol–water partition coefficient (Wildman–Crippen LogP) is 6.97. The Bertz CT molecular complexity index is 3840. The maximum absolute atomic E-state index is 13.6. The van der Waals surface area contributed by atoms with Crippen LogP contribution in [-0.2, 0) is 29.5 Å². The summed E-state index contributed by atoms with van der Waals surface area (Å²) in [6.45, 7) is -1.07. The number of aliphatic hydroxyl groups is 10. The van der Waals surface area contributed by atoms with Crippen LogP contribution in [0.2, 0.25) is 0 Å². The van der Waals surface area contributed by atoms with E-state index in [1.807, 2.05) is 0 Å². The van der Waals surface area contributed by atoms with Gasteiger partial charge in [0.25, 0.3) is 0 Å². The summed E-state index contributed by atoms with van der Waals surface area (Å²) >= 11 is 0. The molecule has 8 aromatic rings. The molecule has 8 aromatic carbocycles. The average molecular weight is 1330 g/mol. The molecule has 4 heterocycles. The lowest BCUT2D eigenvalue weighted by atomic mass is 9.90. The van der Waals surface area contributed by atoms with E-state index in [9.17, 15) is 86.9 Å². The predicted molar refractivity (Wildman–Crippen MR) is 342 cm³/mol. The van der Waals surface area contributed by atoms with Crippen molar-refractivity contribution in [1.82, 2.24) is 0 Å². The number of hydrogen-bond acceptors (Lipinski definition) is 18. The zero-order valence-corrected chi connectivity index (χ0v) is 51.9. The molecule has 20 nitrogen and oxygen atoms in total. The molecule has 0 spiro atoms. The van der Waals surface area contributed by atoms with Crippen LogP contribution in [0.3, 0.4) is 0 Å². The fourth-order valence-corrected chi connectivity index (χ4v) is 17.2. The second-order valence-corrected chi connectivity index (χ2v) is 28.0. The highest BCUT2D eigenvalue weighted by molar-refractivity contribution is 7.95. The van der Waals surface area contributed by atoms with Crippen LogP contribution in [0.4, 0.5) is 20.2 Å². The maximum Gasteiger partial charge on any atom is 0.241 e. The van der Waals surface area contributed by atoms with Crippen molar-refractivity contribution >= 4 is 31.4 Å². The number of ether oxygens (including phenoxy) is 2. The number of phenols is 2. The van der Waals surface area contributed by atoms with Crippen LogP contribution in [0.5, 0.6) is 11.5 Å². The molecule has 496 valence electrons. The van der Waals surface area contributed by atoms with Gasteiger partial charge in [-0.3, -0.25) is 8.61 Å². The first-order valence-electron chi connectivity index (χ1n) is 30.5. The van der Waals surface area contributed by atoms with Crippen LogP contribution in [0.25, 0.3) is 22.3 Å². The molecule has 4 saturated heterocycles. The molecular formula is C70H72F2N2O18S2. The van der Waals surface area contributed by atoms with Crippen LogP contribution in [0.15, 0.2) is 194 Å². The Morgan fingerprint density at radius 3 is 1.06 bits per heavy atom. The highest BCUT2D eigenvalue weighted by Crippen LogP contribution is 2.53. The van der Waals surface area contributed by atoms with Gasteiger partial charge in [0.15, 0.2) is 0 Å². The second kappa shape index (κ2) is 28.3. The Morgan fingerprint density at radius 1 is 0.415 bits per heavy atom. The first kappa shape index (κ1) is 67.7. The van der Waals surface area contributed by atoms with E-state index >= 15 is 0 Å². The van der Waals surface area contributed by atoms with E-state index in [-0.39, 0.29) is 37.2 Å². The Labute approximate surface area is 541 Å². The number of benzene rings is 8. The molecule has 2 unspecified atom stereocenters. The Balaban J connectivity index is 0.000000192. The molecule has 0 radical (unpaired) electrons. The summed E-state index contributed by atoms with van der Waals surface area (Å²) in [4.78, 5) is 0. The number of nitrogens with zero attached hydrogens (tertiary/aromatic N) is 2. The van der Waals surface area contributed by atoms with Gasteiger partial charge in [-0.1, -0.05) is 133 Å². The minimum absolute atomic E-state index is 0.0927. The van der Waals surface area contributed by atoms with E-state index in [4.69, 9.17) is 9.47 Å². The highest BCUT2D eigenvalue weighted by atomic mass is 32.2. The fourth-order valence-electron chi connectivity index (χ4n) is 12.9. The van der Waals surface area contributed by atoms with Gasteiger partial charge in [0.2, 0.25) is 20.0 Å². The van der Waals surface area contributed by atoms with Crippen molar-refractivity contribution in [2.24, 2.45) is 0 Å². The largest absolute Gasteiger partial charge is 0.508 e. The van der Waals surface area contributed by atoms with Gasteiger partial charge in [0.05, 0.1) is 48.9 Å². The third kappa shape index (κ3) is 13.5. The Kier molecular flexibility index (Phi) is 20.4. The summed E-state index contributed by atoms with van der Waals surface area (Å²) < 4.78 is 95.1. The molecule has 4 fully saturated rings. The zero-order valence-electron chi connectivity index (χ0n) is 50.2. The first-order chi connectivity index (χ1) is 45.0. The number of anilines is 2.